The molecule has 0 heterocycles. The van der Waals surface area contributed by atoms with E-state index in [-0.39, 0.29) is 6.04 Å². The Balaban J connectivity index is 2.04. The van der Waals surface area contributed by atoms with Gasteiger partial charge in [-0.2, -0.15) is 0 Å². The van der Waals surface area contributed by atoms with Crippen molar-refractivity contribution >= 4 is 0 Å². The summed E-state index contributed by atoms with van der Waals surface area (Å²) in [5, 5.41) is 0. The molecule has 1 rings (SSSR count). The molecule has 0 radical (unpaired) electrons. The van der Waals surface area contributed by atoms with E-state index in [9.17, 15) is 0 Å². The molecule has 0 amide bonds. The number of nitrogens with two attached hydrogens (primary N) is 1. The monoisotopic (exact) mass is 213 g/mol. The molecule has 1 fully saturated rings. The van der Waals surface area contributed by atoms with Crippen LogP contribution in [0.25, 0.3) is 0 Å². The average Bonchev–Trinajstić information content (AvgIpc) is 2.63. The van der Waals surface area contributed by atoms with Gasteiger partial charge in [-0.05, 0) is 30.6 Å². The molecule has 2 heteroatoms. The van der Waals surface area contributed by atoms with Crippen molar-refractivity contribution in [3.8, 4) is 0 Å². The third-order valence-electron chi connectivity index (χ3n) is 3.31. The maximum absolute atomic E-state index is 6.10. The van der Waals surface area contributed by atoms with E-state index >= 15 is 0 Å². The first kappa shape index (κ1) is 13.0. The zero-order valence-electron chi connectivity index (χ0n) is 10.6. The Kier molecular flexibility index (Phi) is 5.07. The maximum Gasteiger partial charge on any atom is 0.0620 e. The highest BCUT2D eigenvalue weighted by molar-refractivity contribution is 4.77. The summed E-state index contributed by atoms with van der Waals surface area (Å²) in [4.78, 5) is 0. The lowest BCUT2D eigenvalue weighted by molar-refractivity contribution is 0.0857. The molecule has 2 nitrogen and oxygen atoms in total. The van der Waals surface area contributed by atoms with Crippen molar-refractivity contribution in [3.05, 3.63) is 0 Å². The van der Waals surface area contributed by atoms with E-state index in [2.05, 4.69) is 20.8 Å². The highest BCUT2D eigenvalue weighted by Crippen LogP contribution is 2.27. The molecular formula is C13H27NO. The fraction of sp³-hybridized carbons (Fsp3) is 1.00. The van der Waals surface area contributed by atoms with Gasteiger partial charge in [-0.3, -0.25) is 0 Å². The molecule has 0 aromatic rings. The highest BCUT2D eigenvalue weighted by Gasteiger charge is 2.22. The van der Waals surface area contributed by atoms with E-state index < -0.39 is 0 Å². The van der Waals surface area contributed by atoms with E-state index in [0.29, 0.717) is 5.41 Å². The third-order valence-corrected chi connectivity index (χ3v) is 3.31. The van der Waals surface area contributed by atoms with E-state index in [1.165, 1.54) is 25.7 Å². The second-order valence-corrected chi connectivity index (χ2v) is 6.09. The number of hydrogen-bond donors (Lipinski definition) is 1. The largest absolute Gasteiger partial charge is 0.380 e. The molecule has 1 atom stereocenters. The van der Waals surface area contributed by atoms with E-state index in [0.717, 1.165) is 25.6 Å². The fourth-order valence-electron chi connectivity index (χ4n) is 2.12. The lowest BCUT2D eigenvalue weighted by atomic mass is 9.93. The fourth-order valence-corrected chi connectivity index (χ4v) is 2.12. The van der Waals surface area contributed by atoms with Gasteiger partial charge in [0.1, 0.15) is 0 Å². The van der Waals surface area contributed by atoms with Crippen LogP contribution in [0.15, 0.2) is 0 Å². The van der Waals surface area contributed by atoms with Crippen LogP contribution in [0.3, 0.4) is 0 Å². The summed E-state index contributed by atoms with van der Waals surface area (Å²) in [5.74, 6) is 0.722. The van der Waals surface area contributed by atoms with Crippen LogP contribution in [0.2, 0.25) is 0 Å². The number of rotatable bonds is 5. The minimum absolute atomic E-state index is 0.271. The van der Waals surface area contributed by atoms with E-state index in [1.54, 1.807) is 0 Å². The van der Waals surface area contributed by atoms with Crippen LogP contribution in [0, 0.1) is 11.3 Å². The molecule has 0 saturated heterocycles. The highest BCUT2D eigenvalue weighted by atomic mass is 16.5. The molecule has 0 spiro atoms. The second-order valence-electron chi connectivity index (χ2n) is 6.09. The zero-order valence-corrected chi connectivity index (χ0v) is 10.6. The number of hydrogen-bond acceptors (Lipinski definition) is 2. The first-order valence-electron chi connectivity index (χ1n) is 6.32. The molecule has 0 bridgehead atoms. The molecule has 0 aromatic carbocycles. The van der Waals surface area contributed by atoms with Gasteiger partial charge in [0.05, 0.1) is 6.61 Å². The summed E-state index contributed by atoms with van der Waals surface area (Å²) in [7, 11) is 0. The maximum atomic E-state index is 6.10. The van der Waals surface area contributed by atoms with Crippen LogP contribution in [-0.4, -0.2) is 19.3 Å². The van der Waals surface area contributed by atoms with Crippen LogP contribution in [0.5, 0.6) is 0 Å². The minimum atomic E-state index is 0.271. The molecule has 1 unspecified atom stereocenters. The van der Waals surface area contributed by atoms with Crippen molar-refractivity contribution in [2.45, 2.75) is 58.9 Å². The molecule has 0 aliphatic heterocycles. The van der Waals surface area contributed by atoms with Crippen molar-refractivity contribution in [2.24, 2.45) is 17.1 Å². The van der Waals surface area contributed by atoms with Crippen molar-refractivity contribution in [2.75, 3.05) is 13.2 Å². The first-order chi connectivity index (χ1) is 6.99. The second kappa shape index (κ2) is 5.86. The van der Waals surface area contributed by atoms with Gasteiger partial charge < -0.3 is 10.5 Å². The summed E-state index contributed by atoms with van der Waals surface area (Å²) in [6.07, 6.45) is 6.46. The first-order valence-corrected chi connectivity index (χ1v) is 6.32. The zero-order chi connectivity index (χ0) is 11.3. The lowest BCUT2D eigenvalue weighted by Gasteiger charge is -2.21. The Morgan fingerprint density at radius 2 is 1.87 bits per heavy atom. The predicted molar refractivity (Wildman–Crippen MR) is 64.8 cm³/mol. The van der Waals surface area contributed by atoms with Crippen molar-refractivity contribution in [3.63, 3.8) is 0 Å². The van der Waals surface area contributed by atoms with E-state index in [4.69, 9.17) is 10.5 Å². The molecule has 1 aliphatic rings. The van der Waals surface area contributed by atoms with Crippen LogP contribution >= 0.6 is 0 Å². The normalized spacial score (nSPS) is 20.8. The molecular weight excluding hydrogens is 186 g/mol. The molecule has 15 heavy (non-hydrogen) atoms. The summed E-state index contributed by atoms with van der Waals surface area (Å²) in [6, 6.07) is 0.271. The van der Waals surface area contributed by atoms with Gasteiger partial charge in [-0.25, -0.2) is 0 Å². The smallest absolute Gasteiger partial charge is 0.0620 e. The van der Waals surface area contributed by atoms with E-state index in [1.807, 2.05) is 0 Å². The standard InChI is InChI=1S/C13H27NO/c1-13(2,3)8-9-15-10-12(14)11-6-4-5-7-11/h11-12H,4-10,14H2,1-3H3. The molecule has 0 aromatic heterocycles. The van der Waals surface area contributed by atoms with Gasteiger partial charge in [0.2, 0.25) is 0 Å². The lowest BCUT2D eigenvalue weighted by Crippen LogP contribution is -2.33. The average molecular weight is 213 g/mol. The van der Waals surface area contributed by atoms with Gasteiger partial charge in [-0.15, -0.1) is 0 Å². The Morgan fingerprint density at radius 3 is 2.40 bits per heavy atom. The Bertz CT molecular complexity index is 168. The van der Waals surface area contributed by atoms with Gasteiger partial charge in [0.15, 0.2) is 0 Å². The summed E-state index contributed by atoms with van der Waals surface area (Å²) in [6.45, 7) is 8.33. The van der Waals surface area contributed by atoms with Crippen LogP contribution in [-0.2, 0) is 4.74 Å². The summed E-state index contributed by atoms with van der Waals surface area (Å²) < 4.78 is 5.66. The SMILES string of the molecule is CC(C)(C)CCOCC(N)C1CCCC1. The number of ether oxygens (including phenoxy) is 1. The third kappa shape index (κ3) is 5.53. The Morgan fingerprint density at radius 1 is 1.27 bits per heavy atom. The predicted octanol–water partition coefficient (Wildman–Crippen LogP) is 2.96. The van der Waals surface area contributed by atoms with Crippen molar-refractivity contribution in [1.29, 1.82) is 0 Å². The molecule has 1 saturated carbocycles. The Labute approximate surface area is 94.6 Å². The molecule has 2 N–H and O–H groups in total. The van der Waals surface area contributed by atoms with Gasteiger partial charge in [-0.1, -0.05) is 33.6 Å². The van der Waals surface area contributed by atoms with Gasteiger partial charge >= 0.3 is 0 Å². The molecule has 1 aliphatic carbocycles. The van der Waals surface area contributed by atoms with Crippen LogP contribution in [0.1, 0.15) is 52.9 Å². The van der Waals surface area contributed by atoms with Crippen molar-refractivity contribution in [1.82, 2.24) is 0 Å². The van der Waals surface area contributed by atoms with Crippen LogP contribution in [0.4, 0.5) is 0 Å². The van der Waals surface area contributed by atoms with Gasteiger partial charge in [0, 0.05) is 12.6 Å². The van der Waals surface area contributed by atoms with Gasteiger partial charge in [0.25, 0.3) is 0 Å². The Hall–Kier alpha value is -0.0800. The molecule has 90 valence electrons. The minimum Gasteiger partial charge on any atom is -0.380 e. The topological polar surface area (TPSA) is 35.2 Å². The quantitative estimate of drug-likeness (QED) is 0.713. The summed E-state index contributed by atoms with van der Waals surface area (Å²) in [5.41, 5.74) is 6.48. The van der Waals surface area contributed by atoms with Crippen molar-refractivity contribution < 1.29 is 4.74 Å². The summed E-state index contributed by atoms with van der Waals surface area (Å²) >= 11 is 0. The van der Waals surface area contributed by atoms with Crippen LogP contribution < -0.4 is 5.73 Å².